The van der Waals surface area contributed by atoms with E-state index in [1.165, 1.54) is 0 Å². The molecule has 0 fully saturated rings. The molecule has 1 amide bonds. The molecule has 0 radical (unpaired) electrons. The van der Waals surface area contributed by atoms with Gasteiger partial charge in [-0.3, -0.25) is 4.79 Å². The summed E-state index contributed by atoms with van der Waals surface area (Å²) in [5.41, 5.74) is 9.76. The Morgan fingerprint density at radius 2 is 1.79 bits per heavy atom. The van der Waals surface area contributed by atoms with Gasteiger partial charge in [-0.1, -0.05) is 52.2 Å². The second-order valence-electron chi connectivity index (χ2n) is 8.35. The Morgan fingerprint density at radius 1 is 1.10 bits per heavy atom. The van der Waals surface area contributed by atoms with Gasteiger partial charge in [-0.05, 0) is 37.8 Å². The summed E-state index contributed by atoms with van der Waals surface area (Å²) >= 11 is 0. The number of rotatable bonds is 9. The minimum absolute atomic E-state index is 0.0862. The molecular weight excluding hydrogens is 362 g/mol. The van der Waals surface area contributed by atoms with Crippen LogP contribution in [0.25, 0.3) is 22.2 Å². The number of nitrogens with two attached hydrogens (primary N) is 1. The lowest BCUT2D eigenvalue weighted by Crippen LogP contribution is -2.33. The number of nitrogens with one attached hydrogen (secondary N) is 1. The first kappa shape index (κ1) is 21.1. The highest BCUT2D eigenvalue weighted by Gasteiger charge is 2.24. The van der Waals surface area contributed by atoms with Crippen molar-refractivity contribution >= 4 is 33.9 Å². The van der Waals surface area contributed by atoms with Crippen LogP contribution in [0.3, 0.4) is 0 Å². The van der Waals surface area contributed by atoms with Crippen LogP contribution in [-0.2, 0) is 6.54 Å². The van der Waals surface area contributed by atoms with Crippen molar-refractivity contribution in [3.05, 3.63) is 29.8 Å². The van der Waals surface area contributed by atoms with Crippen molar-refractivity contribution in [3.8, 4) is 0 Å². The molecule has 0 aliphatic rings. The van der Waals surface area contributed by atoms with Gasteiger partial charge in [0.05, 0.1) is 11.0 Å². The summed E-state index contributed by atoms with van der Waals surface area (Å²) in [6, 6.07) is 7.81. The number of aryl methyl sites for hydroxylation is 1. The average Bonchev–Trinajstić information content (AvgIpc) is 2.94. The van der Waals surface area contributed by atoms with Crippen LogP contribution in [0.1, 0.15) is 70.2 Å². The van der Waals surface area contributed by atoms with Crippen molar-refractivity contribution in [2.45, 2.75) is 72.4 Å². The number of carbonyl (C=O) groups excluding carboxylic acids is 1. The zero-order chi connectivity index (χ0) is 21.0. The number of fused-ring (bicyclic) bond motifs is 2. The zero-order valence-corrected chi connectivity index (χ0v) is 18.0. The Morgan fingerprint density at radius 3 is 2.45 bits per heavy atom. The predicted octanol–water partition coefficient (Wildman–Crippen LogP) is 4.91. The van der Waals surface area contributed by atoms with Gasteiger partial charge in [0, 0.05) is 12.6 Å². The fourth-order valence-electron chi connectivity index (χ4n) is 3.68. The summed E-state index contributed by atoms with van der Waals surface area (Å²) in [4.78, 5) is 22.7. The molecule has 0 spiro atoms. The molecule has 6 heteroatoms. The van der Waals surface area contributed by atoms with Gasteiger partial charge >= 0.3 is 0 Å². The molecule has 2 heterocycles. The van der Waals surface area contributed by atoms with Crippen molar-refractivity contribution in [2.75, 3.05) is 5.73 Å². The first-order chi connectivity index (χ1) is 13.9. The molecule has 2 aromatic heterocycles. The van der Waals surface area contributed by atoms with Crippen LogP contribution in [0.5, 0.6) is 0 Å². The van der Waals surface area contributed by atoms with E-state index >= 15 is 0 Å². The Labute approximate surface area is 172 Å². The number of nitrogen functional groups attached to an aromatic ring is 1. The van der Waals surface area contributed by atoms with E-state index in [-0.39, 0.29) is 11.9 Å². The summed E-state index contributed by atoms with van der Waals surface area (Å²) in [5, 5.41) is 3.12. The summed E-state index contributed by atoms with van der Waals surface area (Å²) < 4.78 is 1.94. The third-order valence-corrected chi connectivity index (χ3v) is 5.35. The Hall–Kier alpha value is -2.63. The lowest BCUT2D eigenvalue weighted by Gasteiger charge is -2.14. The SMILES string of the molecule is CCCCn1c(N)c(C(=O)N[C@H](C)CCCC(C)C)c2nc3ccccc3nc21. The van der Waals surface area contributed by atoms with E-state index in [0.29, 0.717) is 28.5 Å². The van der Waals surface area contributed by atoms with E-state index in [4.69, 9.17) is 15.7 Å². The van der Waals surface area contributed by atoms with Gasteiger partial charge < -0.3 is 15.6 Å². The van der Waals surface area contributed by atoms with Gasteiger partial charge in [0.1, 0.15) is 16.9 Å². The van der Waals surface area contributed by atoms with Gasteiger partial charge in [0.25, 0.3) is 5.91 Å². The summed E-state index contributed by atoms with van der Waals surface area (Å²) in [7, 11) is 0. The fraction of sp³-hybridized carbons (Fsp3) is 0.522. The maximum absolute atomic E-state index is 13.1. The molecule has 6 nitrogen and oxygen atoms in total. The molecule has 3 aromatic rings. The number of aromatic nitrogens is 3. The molecule has 0 saturated carbocycles. The molecular formula is C23H33N5O. The molecule has 0 aliphatic carbocycles. The molecule has 1 aromatic carbocycles. The van der Waals surface area contributed by atoms with E-state index in [0.717, 1.165) is 49.7 Å². The second kappa shape index (κ2) is 9.25. The van der Waals surface area contributed by atoms with Crippen LogP contribution in [0, 0.1) is 5.92 Å². The standard InChI is InChI=1S/C23H33N5O/c1-5-6-14-28-21(24)19(23(29)25-16(4)11-9-10-15(2)3)20-22(28)27-18-13-8-7-12-17(18)26-20/h7-8,12-13,15-16H,5-6,9-11,14,24H2,1-4H3,(H,25,29)/t16-/m1/s1. The summed E-state index contributed by atoms with van der Waals surface area (Å²) in [6.45, 7) is 9.35. The first-order valence-corrected chi connectivity index (χ1v) is 10.8. The van der Waals surface area contributed by atoms with Gasteiger partial charge in [-0.25, -0.2) is 9.97 Å². The smallest absolute Gasteiger partial charge is 0.257 e. The number of hydrogen-bond acceptors (Lipinski definition) is 4. The van der Waals surface area contributed by atoms with Crippen molar-refractivity contribution in [1.29, 1.82) is 0 Å². The van der Waals surface area contributed by atoms with Gasteiger partial charge in [-0.2, -0.15) is 0 Å². The molecule has 0 unspecified atom stereocenters. The first-order valence-electron chi connectivity index (χ1n) is 10.8. The lowest BCUT2D eigenvalue weighted by molar-refractivity contribution is 0.0940. The highest BCUT2D eigenvalue weighted by Crippen LogP contribution is 2.28. The molecule has 0 saturated heterocycles. The molecule has 0 bridgehead atoms. The Kier molecular flexibility index (Phi) is 6.72. The monoisotopic (exact) mass is 395 g/mol. The molecule has 3 rings (SSSR count). The quantitative estimate of drug-likeness (QED) is 0.539. The van der Waals surface area contributed by atoms with Crippen molar-refractivity contribution in [3.63, 3.8) is 0 Å². The number of benzene rings is 1. The second-order valence-corrected chi connectivity index (χ2v) is 8.35. The number of anilines is 1. The largest absolute Gasteiger partial charge is 0.384 e. The highest BCUT2D eigenvalue weighted by molar-refractivity contribution is 6.10. The van der Waals surface area contributed by atoms with Crippen molar-refractivity contribution < 1.29 is 4.79 Å². The third-order valence-electron chi connectivity index (χ3n) is 5.35. The molecule has 1 atom stereocenters. The van der Waals surface area contributed by atoms with Crippen LogP contribution in [0.2, 0.25) is 0 Å². The third kappa shape index (κ3) is 4.69. The number of para-hydroxylation sites is 2. The Bertz CT molecular complexity index is 992. The van der Waals surface area contributed by atoms with Crippen LogP contribution < -0.4 is 11.1 Å². The highest BCUT2D eigenvalue weighted by atomic mass is 16.1. The summed E-state index contributed by atoms with van der Waals surface area (Å²) in [5.74, 6) is 0.966. The van der Waals surface area contributed by atoms with Crippen molar-refractivity contribution in [1.82, 2.24) is 19.9 Å². The number of unbranched alkanes of at least 4 members (excludes halogenated alkanes) is 1. The van der Waals surface area contributed by atoms with E-state index in [1.54, 1.807) is 0 Å². The number of nitrogens with zero attached hydrogens (tertiary/aromatic N) is 3. The van der Waals surface area contributed by atoms with Crippen LogP contribution >= 0.6 is 0 Å². The van der Waals surface area contributed by atoms with Crippen molar-refractivity contribution in [2.24, 2.45) is 5.92 Å². The zero-order valence-electron chi connectivity index (χ0n) is 18.0. The number of amides is 1. The Balaban J connectivity index is 1.96. The molecule has 156 valence electrons. The van der Waals surface area contributed by atoms with E-state index in [1.807, 2.05) is 35.8 Å². The van der Waals surface area contributed by atoms with Crippen LogP contribution in [0.15, 0.2) is 24.3 Å². The van der Waals surface area contributed by atoms with Crippen LogP contribution in [-0.4, -0.2) is 26.5 Å². The average molecular weight is 396 g/mol. The minimum Gasteiger partial charge on any atom is -0.384 e. The van der Waals surface area contributed by atoms with Gasteiger partial charge in [0.15, 0.2) is 5.65 Å². The topological polar surface area (TPSA) is 85.8 Å². The predicted molar refractivity (Wildman–Crippen MR) is 120 cm³/mol. The van der Waals surface area contributed by atoms with E-state index in [2.05, 4.69) is 26.1 Å². The number of hydrogen-bond donors (Lipinski definition) is 2. The maximum Gasteiger partial charge on any atom is 0.257 e. The molecule has 0 aliphatic heterocycles. The number of carbonyl (C=O) groups is 1. The maximum atomic E-state index is 13.1. The van der Waals surface area contributed by atoms with Gasteiger partial charge in [-0.15, -0.1) is 0 Å². The van der Waals surface area contributed by atoms with Gasteiger partial charge in [0.2, 0.25) is 0 Å². The van der Waals surface area contributed by atoms with E-state index in [9.17, 15) is 4.79 Å². The fourth-order valence-corrected chi connectivity index (χ4v) is 3.68. The molecule has 3 N–H and O–H groups in total. The van der Waals surface area contributed by atoms with Crippen LogP contribution in [0.4, 0.5) is 5.82 Å². The minimum atomic E-state index is -0.163. The summed E-state index contributed by atoms with van der Waals surface area (Å²) in [6.07, 6.45) is 5.21. The lowest BCUT2D eigenvalue weighted by atomic mass is 10.0. The van der Waals surface area contributed by atoms with E-state index < -0.39 is 0 Å². The normalized spacial score (nSPS) is 12.7. The molecule has 29 heavy (non-hydrogen) atoms.